The van der Waals surface area contributed by atoms with E-state index < -0.39 is 0 Å². The number of hydrogen-bond donors (Lipinski definition) is 1. The summed E-state index contributed by atoms with van der Waals surface area (Å²) in [7, 11) is 0. The van der Waals surface area contributed by atoms with E-state index in [9.17, 15) is 0 Å². The van der Waals surface area contributed by atoms with Crippen LogP contribution in [0.5, 0.6) is 0 Å². The highest BCUT2D eigenvalue weighted by Gasteiger charge is 2.00. The van der Waals surface area contributed by atoms with Crippen LogP contribution in [-0.2, 0) is 12.8 Å². The molecule has 2 heterocycles. The quantitative estimate of drug-likeness (QED) is 0.376. The number of thiazole rings is 1. The van der Waals surface area contributed by atoms with Crippen molar-refractivity contribution in [3.63, 3.8) is 0 Å². The molecule has 0 saturated heterocycles. The topological polar surface area (TPSA) is 58.4 Å². The van der Waals surface area contributed by atoms with Crippen molar-refractivity contribution in [3.8, 4) is 0 Å². The molecule has 5 heteroatoms. The molecule has 4 nitrogen and oxygen atoms in total. The number of pyridine rings is 1. The molecule has 94 valence electrons. The van der Waals surface area contributed by atoms with Gasteiger partial charge in [0.1, 0.15) is 0 Å². The molecule has 2 aromatic heterocycles. The van der Waals surface area contributed by atoms with Crippen LogP contribution in [0.15, 0.2) is 35.1 Å². The van der Waals surface area contributed by atoms with Crippen LogP contribution in [0.25, 0.3) is 0 Å². The number of nitrogens with zero attached hydrogens (tertiary/aromatic N) is 3. The van der Waals surface area contributed by atoms with Gasteiger partial charge in [0, 0.05) is 17.8 Å². The first-order valence-electron chi connectivity index (χ1n) is 5.89. The fraction of sp³-hybridized carbons (Fsp3) is 0.308. The molecule has 2 aromatic rings. The Bertz CT molecular complexity index is 496. The molecule has 0 radical (unpaired) electrons. The van der Waals surface area contributed by atoms with Gasteiger partial charge in [-0.25, -0.2) is 4.98 Å². The number of aryl methyl sites for hydroxylation is 2. The lowest BCUT2D eigenvalue weighted by molar-refractivity contribution is 0.321. The summed E-state index contributed by atoms with van der Waals surface area (Å²) in [6, 6.07) is 4.07. The molecule has 0 atom stereocenters. The summed E-state index contributed by atoms with van der Waals surface area (Å²) in [6.07, 6.45) is 9.35. The molecular formula is C13H15N3OS. The van der Waals surface area contributed by atoms with E-state index in [1.807, 2.05) is 17.6 Å². The van der Waals surface area contributed by atoms with Gasteiger partial charge in [0.25, 0.3) is 0 Å². The normalized spacial score (nSPS) is 11.1. The van der Waals surface area contributed by atoms with E-state index in [2.05, 4.69) is 21.2 Å². The van der Waals surface area contributed by atoms with Crippen molar-refractivity contribution >= 4 is 17.6 Å². The number of aromatic nitrogens is 2. The van der Waals surface area contributed by atoms with Gasteiger partial charge in [0.2, 0.25) is 0 Å². The molecule has 0 aliphatic carbocycles. The SMILES string of the molecule is O/N=C/c1csc(CCCCc2cccnc2)n1. The Morgan fingerprint density at radius 1 is 1.33 bits per heavy atom. The van der Waals surface area contributed by atoms with Gasteiger partial charge in [-0.1, -0.05) is 11.2 Å². The van der Waals surface area contributed by atoms with Gasteiger partial charge in [-0.05, 0) is 37.3 Å². The molecule has 0 aromatic carbocycles. The lowest BCUT2D eigenvalue weighted by Crippen LogP contribution is -1.90. The standard InChI is InChI=1S/C13H15N3OS/c17-15-9-12-10-18-13(16-12)6-2-1-4-11-5-3-7-14-8-11/h3,5,7-10,17H,1-2,4,6H2/b15-9+. The lowest BCUT2D eigenvalue weighted by atomic mass is 10.1. The minimum Gasteiger partial charge on any atom is -0.411 e. The predicted octanol–water partition coefficient (Wildman–Crippen LogP) is 2.91. The molecule has 0 amide bonds. The Labute approximate surface area is 110 Å². The Kier molecular flexibility index (Phi) is 4.84. The van der Waals surface area contributed by atoms with Crippen molar-refractivity contribution < 1.29 is 5.21 Å². The molecule has 0 spiro atoms. The third-order valence-corrected chi connectivity index (χ3v) is 3.52. The molecule has 2 rings (SSSR count). The van der Waals surface area contributed by atoms with Crippen LogP contribution in [0.4, 0.5) is 0 Å². The van der Waals surface area contributed by atoms with Gasteiger partial charge >= 0.3 is 0 Å². The van der Waals surface area contributed by atoms with Crippen LogP contribution >= 0.6 is 11.3 Å². The Morgan fingerprint density at radius 3 is 3.00 bits per heavy atom. The second-order valence-electron chi connectivity index (χ2n) is 3.98. The van der Waals surface area contributed by atoms with E-state index in [0.29, 0.717) is 0 Å². The van der Waals surface area contributed by atoms with Gasteiger partial charge in [-0.3, -0.25) is 4.98 Å². The highest BCUT2D eigenvalue weighted by molar-refractivity contribution is 7.09. The minimum atomic E-state index is 0.727. The Balaban J connectivity index is 1.72. The van der Waals surface area contributed by atoms with Crippen molar-refractivity contribution in [1.82, 2.24) is 9.97 Å². The number of rotatable bonds is 6. The van der Waals surface area contributed by atoms with Crippen molar-refractivity contribution in [1.29, 1.82) is 0 Å². The van der Waals surface area contributed by atoms with Gasteiger partial charge in [-0.2, -0.15) is 0 Å². The van der Waals surface area contributed by atoms with E-state index in [-0.39, 0.29) is 0 Å². The summed E-state index contributed by atoms with van der Waals surface area (Å²) in [5, 5.41) is 14.4. The summed E-state index contributed by atoms with van der Waals surface area (Å²) in [5.41, 5.74) is 2.01. The number of hydrogen-bond acceptors (Lipinski definition) is 5. The van der Waals surface area contributed by atoms with Crippen LogP contribution in [0, 0.1) is 0 Å². The second-order valence-corrected chi connectivity index (χ2v) is 4.92. The fourth-order valence-corrected chi connectivity index (χ4v) is 2.50. The Morgan fingerprint density at radius 2 is 2.22 bits per heavy atom. The largest absolute Gasteiger partial charge is 0.411 e. The van der Waals surface area contributed by atoms with Crippen LogP contribution in [0.2, 0.25) is 0 Å². The summed E-state index contributed by atoms with van der Waals surface area (Å²) in [4.78, 5) is 8.44. The van der Waals surface area contributed by atoms with E-state index >= 15 is 0 Å². The number of oxime groups is 1. The van der Waals surface area contributed by atoms with E-state index in [4.69, 9.17) is 5.21 Å². The first kappa shape index (κ1) is 12.7. The molecule has 1 N–H and O–H groups in total. The van der Waals surface area contributed by atoms with Crippen LogP contribution < -0.4 is 0 Å². The van der Waals surface area contributed by atoms with Gasteiger partial charge in [0.05, 0.1) is 16.9 Å². The average Bonchev–Trinajstić information content (AvgIpc) is 2.84. The smallest absolute Gasteiger partial charge is 0.0958 e. The summed E-state index contributed by atoms with van der Waals surface area (Å²) in [6.45, 7) is 0. The molecule has 0 bridgehead atoms. The van der Waals surface area contributed by atoms with Gasteiger partial charge in [-0.15, -0.1) is 11.3 Å². The summed E-state index contributed by atoms with van der Waals surface area (Å²) >= 11 is 1.61. The lowest BCUT2D eigenvalue weighted by Gasteiger charge is -1.99. The van der Waals surface area contributed by atoms with Crippen molar-refractivity contribution in [2.75, 3.05) is 0 Å². The second kappa shape index (κ2) is 6.86. The fourth-order valence-electron chi connectivity index (χ4n) is 1.71. The zero-order chi connectivity index (χ0) is 12.6. The summed E-state index contributed by atoms with van der Waals surface area (Å²) < 4.78 is 0. The molecule has 0 aliphatic heterocycles. The van der Waals surface area contributed by atoms with Crippen LogP contribution in [0.3, 0.4) is 0 Å². The number of unbranched alkanes of at least 4 members (excludes halogenated alkanes) is 1. The maximum atomic E-state index is 8.40. The zero-order valence-electron chi connectivity index (χ0n) is 9.99. The first-order valence-corrected chi connectivity index (χ1v) is 6.77. The van der Waals surface area contributed by atoms with Gasteiger partial charge in [0.15, 0.2) is 0 Å². The van der Waals surface area contributed by atoms with Crippen molar-refractivity contribution in [2.24, 2.45) is 5.16 Å². The van der Waals surface area contributed by atoms with Crippen LogP contribution in [-0.4, -0.2) is 21.4 Å². The van der Waals surface area contributed by atoms with Crippen molar-refractivity contribution in [2.45, 2.75) is 25.7 Å². The third kappa shape index (κ3) is 3.92. The molecule has 18 heavy (non-hydrogen) atoms. The maximum absolute atomic E-state index is 8.40. The average molecular weight is 261 g/mol. The molecule has 0 fully saturated rings. The third-order valence-electron chi connectivity index (χ3n) is 2.59. The molecular weight excluding hydrogens is 246 g/mol. The molecule has 0 saturated carbocycles. The Hall–Kier alpha value is -1.75. The minimum absolute atomic E-state index is 0.727. The summed E-state index contributed by atoms with van der Waals surface area (Å²) in [5.74, 6) is 0. The van der Waals surface area contributed by atoms with E-state index in [1.54, 1.807) is 17.5 Å². The highest BCUT2D eigenvalue weighted by Crippen LogP contribution is 2.12. The monoisotopic (exact) mass is 261 g/mol. The van der Waals surface area contributed by atoms with E-state index in [1.165, 1.54) is 11.8 Å². The maximum Gasteiger partial charge on any atom is 0.0958 e. The zero-order valence-corrected chi connectivity index (χ0v) is 10.8. The van der Waals surface area contributed by atoms with Gasteiger partial charge < -0.3 is 5.21 Å². The predicted molar refractivity (Wildman–Crippen MR) is 72.4 cm³/mol. The first-order chi connectivity index (χ1) is 8.88. The molecule has 0 aliphatic rings. The van der Waals surface area contributed by atoms with Crippen LogP contribution in [0.1, 0.15) is 29.1 Å². The van der Waals surface area contributed by atoms with Crippen molar-refractivity contribution in [3.05, 3.63) is 46.2 Å². The highest BCUT2D eigenvalue weighted by atomic mass is 32.1. The molecule has 0 unspecified atom stereocenters. The van der Waals surface area contributed by atoms with E-state index in [0.717, 1.165) is 36.4 Å².